The van der Waals surface area contributed by atoms with Gasteiger partial charge in [0.25, 0.3) is 5.91 Å². The minimum absolute atomic E-state index is 0.159. The molecule has 0 atom stereocenters. The number of nitrogens with zero attached hydrogens (tertiary/aromatic N) is 3. The third kappa shape index (κ3) is 4.67. The van der Waals surface area contributed by atoms with Crippen LogP contribution in [0.3, 0.4) is 0 Å². The normalized spacial score (nSPS) is 10.2. The van der Waals surface area contributed by atoms with Gasteiger partial charge >= 0.3 is 0 Å². The van der Waals surface area contributed by atoms with Crippen LogP contribution < -0.4 is 15.5 Å². The molecule has 0 saturated heterocycles. The molecule has 0 bridgehead atoms. The summed E-state index contributed by atoms with van der Waals surface area (Å²) in [5.41, 5.74) is 2.86. The molecule has 6 nitrogen and oxygen atoms in total. The van der Waals surface area contributed by atoms with Crippen LogP contribution >= 0.6 is 0 Å². The maximum atomic E-state index is 12.1. The molecule has 0 aliphatic carbocycles. The Labute approximate surface area is 137 Å². The van der Waals surface area contributed by atoms with Crippen LogP contribution in [0, 0.1) is 6.92 Å². The van der Waals surface area contributed by atoms with Gasteiger partial charge in [-0.05, 0) is 31.5 Å². The molecule has 0 spiro atoms. The fourth-order valence-corrected chi connectivity index (χ4v) is 2.28. The number of aryl methyl sites for hydroxylation is 1. The van der Waals surface area contributed by atoms with E-state index >= 15 is 0 Å². The topological polar surface area (TPSA) is 70.2 Å². The van der Waals surface area contributed by atoms with Crippen LogP contribution in [0.5, 0.6) is 0 Å². The molecule has 6 heteroatoms. The lowest BCUT2D eigenvalue weighted by Gasteiger charge is -2.23. The number of likely N-dealkylation sites (N-methyl/N-ethyl adjacent to an activating group) is 1. The van der Waals surface area contributed by atoms with Gasteiger partial charge < -0.3 is 15.5 Å². The summed E-state index contributed by atoms with van der Waals surface area (Å²) in [5.74, 6) is 0.339. The number of hydrogen-bond donors (Lipinski definition) is 2. The van der Waals surface area contributed by atoms with Gasteiger partial charge in [0.1, 0.15) is 0 Å². The smallest absolute Gasteiger partial charge is 0.254 e. The average molecular weight is 313 g/mol. The van der Waals surface area contributed by atoms with E-state index in [9.17, 15) is 4.79 Å². The van der Waals surface area contributed by atoms with E-state index in [2.05, 4.69) is 57.5 Å². The zero-order chi connectivity index (χ0) is 16.7. The highest BCUT2D eigenvalue weighted by Gasteiger charge is 2.08. The van der Waals surface area contributed by atoms with Gasteiger partial charge in [0.05, 0.1) is 5.56 Å². The average Bonchev–Trinajstić information content (AvgIpc) is 2.58. The number of nitrogens with one attached hydrogen (secondary N) is 2. The fourth-order valence-electron chi connectivity index (χ4n) is 2.28. The maximum Gasteiger partial charge on any atom is 0.254 e. The molecule has 0 fully saturated rings. The van der Waals surface area contributed by atoms with Crippen molar-refractivity contribution >= 4 is 17.5 Å². The zero-order valence-corrected chi connectivity index (χ0v) is 13.8. The molecule has 122 valence electrons. The van der Waals surface area contributed by atoms with Gasteiger partial charge in [-0.15, -0.1) is 0 Å². The number of hydrogen-bond acceptors (Lipinski definition) is 5. The third-order valence-corrected chi connectivity index (χ3v) is 3.55. The summed E-state index contributed by atoms with van der Waals surface area (Å²) in [5, 5.41) is 5.73. The summed E-state index contributed by atoms with van der Waals surface area (Å²) < 4.78 is 0. The second-order valence-electron chi connectivity index (χ2n) is 5.22. The van der Waals surface area contributed by atoms with E-state index in [1.165, 1.54) is 23.6 Å². The second kappa shape index (κ2) is 8.12. The van der Waals surface area contributed by atoms with Gasteiger partial charge in [-0.3, -0.25) is 4.79 Å². The number of benzene rings is 1. The van der Waals surface area contributed by atoms with Crippen molar-refractivity contribution in [3.63, 3.8) is 0 Å². The van der Waals surface area contributed by atoms with E-state index in [0.29, 0.717) is 18.1 Å². The Balaban J connectivity index is 1.88. The van der Waals surface area contributed by atoms with Gasteiger partial charge in [-0.25, -0.2) is 9.97 Å². The van der Waals surface area contributed by atoms with Crippen molar-refractivity contribution in [1.29, 1.82) is 0 Å². The first kappa shape index (κ1) is 16.7. The predicted octanol–water partition coefficient (Wildman–Crippen LogP) is 2.08. The number of rotatable bonds is 7. The van der Waals surface area contributed by atoms with Crippen LogP contribution in [0.2, 0.25) is 0 Å². The van der Waals surface area contributed by atoms with E-state index in [0.717, 1.165) is 13.1 Å². The Bertz CT molecular complexity index is 642. The summed E-state index contributed by atoms with van der Waals surface area (Å²) in [7, 11) is 1.74. The molecule has 23 heavy (non-hydrogen) atoms. The lowest BCUT2D eigenvalue weighted by atomic mass is 10.2. The highest BCUT2D eigenvalue weighted by molar-refractivity contribution is 5.93. The maximum absolute atomic E-state index is 12.1. The first-order chi connectivity index (χ1) is 11.1. The molecule has 1 aromatic heterocycles. The van der Waals surface area contributed by atoms with Crippen molar-refractivity contribution in [1.82, 2.24) is 15.3 Å². The van der Waals surface area contributed by atoms with Crippen LogP contribution in [0.15, 0.2) is 36.7 Å². The monoisotopic (exact) mass is 313 g/mol. The molecular weight excluding hydrogens is 290 g/mol. The molecule has 0 unspecified atom stereocenters. The van der Waals surface area contributed by atoms with E-state index in [-0.39, 0.29) is 5.91 Å². The lowest BCUT2D eigenvalue weighted by Crippen LogP contribution is -2.35. The predicted molar refractivity (Wildman–Crippen MR) is 93.0 cm³/mol. The summed E-state index contributed by atoms with van der Waals surface area (Å²) in [4.78, 5) is 22.4. The van der Waals surface area contributed by atoms with Crippen molar-refractivity contribution in [3.05, 3.63) is 47.8 Å². The third-order valence-electron chi connectivity index (χ3n) is 3.55. The minimum atomic E-state index is -0.159. The molecule has 0 aliphatic heterocycles. The second-order valence-corrected chi connectivity index (χ2v) is 5.22. The minimum Gasteiger partial charge on any atom is -0.370 e. The Morgan fingerprint density at radius 2 is 2.00 bits per heavy atom. The van der Waals surface area contributed by atoms with Crippen molar-refractivity contribution in [2.75, 3.05) is 36.9 Å². The van der Waals surface area contributed by atoms with Crippen molar-refractivity contribution in [2.45, 2.75) is 13.8 Å². The molecule has 0 saturated carbocycles. The summed E-state index contributed by atoms with van der Waals surface area (Å²) in [6.45, 7) is 6.39. The lowest BCUT2D eigenvalue weighted by molar-refractivity contribution is 0.0954. The highest BCUT2D eigenvalue weighted by Crippen LogP contribution is 2.15. The number of anilines is 2. The Kier molecular flexibility index (Phi) is 5.91. The standard InChI is InChI=1S/C17H23N5O/c1-4-22(15-7-5-6-13(2)10-15)9-8-19-16(23)14-11-20-17(18-3)21-12-14/h5-7,10-12H,4,8-9H2,1-3H3,(H,19,23)(H,18,20,21). The summed E-state index contributed by atoms with van der Waals surface area (Å²) in [6, 6.07) is 8.36. The molecule has 1 heterocycles. The molecule has 2 rings (SSSR count). The molecule has 2 N–H and O–H groups in total. The molecule has 1 amide bonds. The van der Waals surface area contributed by atoms with Crippen molar-refractivity contribution in [2.24, 2.45) is 0 Å². The molecule has 0 radical (unpaired) electrons. The molecule has 1 aromatic carbocycles. The number of amides is 1. The Hall–Kier alpha value is -2.63. The van der Waals surface area contributed by atoms with Gasteiger partial charge in [0, 0.05) is 44.8 Å². The molecule has 0 aliphatic rings. The van der Waals surface area contributed by atoms with E-state index in [1.54, 1.807) is 7.05 Å². The number of carbonyl (C=O) groups is 1. The van der Waals surface area contributed by atoms with Gasteiger partial charge in [-0.1, -0.05) is 12.1 Å². The van der Waals surface area contributed by atoms with Gasteiger partial charge in [0.15, 0.2) is 0 Å². The van der Waals surface area contributed by atoms with E-state index in [1.807, 2.05) is 6.07 Å². The number of aromatic nitrogens is 2. The molecular formula is C17H23N5O. The van der Waals surface area contributed by atoms with Crippen LogP contribution in [-0.4, -0.2) is 42.6 Å². The van der Waals surface area contributed by atoms with Crippen LogP contribution in [0.25, 0.3) is 0 Å². The number of carbonyl (C=O) groups excluding carboxylic acids is 1. The SMILES string of the molecule is CCN(CCNC(=O)c1cnc(NC)nc1)c1cccc(C)c1. The largest absolute Gasteiger partial charge is 0.370 e. The molecule has 2 aromatic rings. The first-order valence-electron chi connectivity index (χ1n) is 7.73. The van der Waals surface area contributed by atoms with Crippen molar-refractivity contribution in [3.8, 4) is 0 Å². The van der Waals surface area contributed by atoms with Crippen LogP contribution in [0.4, 0.5) is 11.6 Å². The van der Waals surface area contributed by atoms with E-state index in [4.69, 9.17) is 0 Å². The highest BCUT2D eigenvalue weighted by atomic mass is 16.1. The van der Waals surface area contributed by atoms with Crippen LogP contribution in [0.1, 0.15) is 22.8 Å². The van der Waals surface area contributed by atoms with Gasteiger partial charge in [0.2, 0.25) is 5.95 Å². The quantitative estimate of drug-likeness (QED) is 0.819. The fraction of sp³-hybridized carbons (Fsp3) is 0.353. The Morgan fingerprint density at radius 1 is 1.26 bits per heavy atom. The zero-order valence-electron chi connectivity index (χ0n) is 13.8. The Morgan fingerprint density at radius 3 is 2.61 bits per heavy atom. The van der Waals surface area contributed by atoms with Crippen LogP contribution in [-0.2, 0) is 0 Å². The van der Waals surface area contributed by atoms with Gasteiger partial charge in [-0.2, -0.15) is 0 Å². The van der Waals surface area contributed by atoms with E-state index < -0.39 is 0 Å². The summed E-state index contributed by atoms with van der Waals surface area (Å²) >= 11 is 0. The summed E-state index contributed by atoms with van der Waals surface area (Å²) in [6.07, 6.45) is 3.04. The first-order valence-corrected chi connectivity index (χ1v) is 7.73. The van der Waals surface area contributed by atoms with Crippen molar-refractivity contribution < 1.29 is 4.79 Å².